The zero-order chi connectivity index (χ0) is 17.9. The van der Waals surface area contributed by atoms with Gasteiger partial charge < -0.3 is 0 Å². The largest absolute Gasteiger partial charge is 0.263 e. The predicted molar refractivity (Wildman–Crippen MR) is 96.8 cm³/mol. The third kappa shape index (κ3) is 3.99. The van der Waals surface area contributed by atoms with Gasteiger partial charge in [0, 0.05) is 5.02 Å². The van der Waals surface area contributed by atoms with Crippen LogP contribution in [0.2, 0.25) is 5.02 Å². The number of hydrogen-bond acceptors (Lipinski definition) is 3. The van der Waals surface area contributed by atoms with E-state index in [1.807, 2.05) is 12.1 Å². The highest BCUT2D eigenvalue weighted by molar-refractivity contribution is 7.89. The summed E-state index contributed by atoms with van der Waals surface area (Å²) < 4.78 is 39.5. The highest BCUT2D eigenvalue weighted by Gasteiger charge is 2.23. The first-order chi connectivity index (χ1) is 12.0. The van der Waals surface area contributed by atoms with Crippen molar-refractivity contribution in [1.29, 1.82) is 0 Å². The predicted octanol–water partition coefficient (Wildman–Crippen LogP) is 4.51. The number of benzene rings is 3. The molecule has 0 atom stereocenters. The van der Waals surface area contributed by atoms with Crippen LogP contribution in [0, 0.1) is 5.82 Å². The third-order valence-corrected chi connectivity index (χ3v) is 4.99. The second-order valence-corrected chi connectivity index (χ2v) is 7.24. The molecule has 0 heterocycles. The number of para-hydroxylation sites is 2. The Morgan fingerprint density at radius 3 is 1.84 bits per heavy atom. The Balaban J connectivity index is 2.03. The molecule has 0 spiro atoms. The minimum Gasteiger partial charge on any atom is -0.263 e. The van der Waals surface area contributed by atoms with Gasteiger partial charge in [-0.1, -0.05) is 48.0 Å². The summed E-state index contributed by atoms with van der Waals surface area (Å²) in [5, 5.41) is 1.50. The molecular weight excluding hydrogens is 363 g/mol. The van der Waals surface area contributed by atoms with Gasteiger partial charge in [-0.05, 0) is 42.5 Å². The van der Waals surface area contributed by atoms with E-state index in [1.54, 1.807) is 48.5 Å². The lowest BCUT2D eigenvalue weighted by Gasteiger charge is -2.25. The van der Waals surface area contributed by atoms with Gasteiger partial charge in [-0.15, -0.1) is 4.83 Å². The molecule has 0 aromatic heterocycles. The van der Waals surface area contributed by atoms with Crippen LogP contribution >= 0.6 is 11.6 Å². The standard InChI is InChI=1S/C18H14ClFN2O2S/c19-14-11-12-18(17(20)13-14)25(23,24)21-22(15-7-3-1-4-8-15)16-9-5-2-6-10-16/h1-13,21H. The van der Waals surface area contributed by atoms with Gasteiger partial charge in [0.1, 0.15) is 10.7 Å². The molecule has 0 aliphatic heterocycles. The van der Waals surface area contributed by atoms with E-state index in [1.165, 1.54) is 11.1 Å². The summed E-state index contributed by atoms with van der Waals surface area (Å²) in [7, 11) is -4.16. The molecule has 4 nitrogen and oxygen atoms in total. The van der Waals surface area contributed by atoms with Crippen LogP contribution in [0.5, 0.6) is 0 Å². The number of nitrogens with zero attached hydrogens (tertiary/aromatic N) is 1. The fourth-order valence-corrected chi connectivity index (χ4v) is 3.54. The van der Waals surface area contributed by atoms with E-state index in [4.69, 9.17) is 11.6 Å². The van der Waals surface area contributed by atoms with Crippen molar-refractivity contribution in [3.63, 3.8) is 0 Å². The Morgan fingerprint density at radius 1 is 0.840 bits per heavy atom. The molecule has 0 unspecified atom stereocenters. The zero-order valence-corrected chi connectivity index (χ0v) is 14.5. The first kappa shape index (κ1) is 17.4. The SMILES string of the molecule is O=S(=O)(NN(c1ccccc1)c1ccccc1)c1ccc(Cl)cc1F. The minimum atomic E-state index is -4.16. The topological polar surface area (TPSA) is 49.4 Å². The van der Waals surface area contributed by atoms with E-state index in [-0.39, 0.29) is 5.02 Å². The second kappa shape index (κ2) is 7.23. The Morgan fingerprint density at radius 2 is 1.36 bits per heavy atom. The van der Waals surface area contributed by atoms with Gasteiger partial charge in [-0.25, -0.2) is 12.8 Å². The molecule has 0 bridgehead atoms. The van der Waals surface area contributed by atoms with Crippen LogP contribution < -0.4 is 9.84 Å². The fraction of sp³-hybridized carbons (Fsp3) is 0. The van der Waals surface area contributed by atoms with Gasteiger partial charge in [-0.3, -0.25) is 5.01 Å². The molecule has 128 valence electrons. The second-order valence-electron chi connectivity index (χ2n) is 5.18. The first-order valence-electron chi connectivity index (χ1n) is 7.35. The molecule has 0 saturated carbocycles. The van der Waals surface area contributed by atoms with Gasteiger partial charge in [-0.2, -0.15) is 0 Å². The van der Waals surface area contributed by atoms with Crippen molar-refractivity contribution in [2.75, 3.05) is 5.01 Å². The summed E-state index contributed by atoms with van der Waals surface area (Å²) in [6.45, 7) is 0. The monoisotopic (exact) mass is 376 g/mol. The number of halogens is 2. The molecule has 3 aromatic carbocycles. The number of hydrazine groups is 1. The Kier molecular flexibility index (Phi) is 5.03. The highest BCUT2D eigenvalue weighted by atomic mass is 35.5. The van der Waals surface area contributed by atoms with E-state index in [9.17, 15) is 12.8 Å². The van der Waals surface area contributed by atoms with E-state index in [0.29, 0.717) is 11.4 Å². The van der Waals surface area contributed by atoms with Gasteiger partial charge in [0.25, 0.3) is 10.0 Å². The maximum absolute atomic E-state index is 14.1. The van der Waals surface area contributed by atoms with Crippen molar-refractivity contribution in [3.05, 3.63) is 89.7 Å². The Hall–Kier alpha value is -2.41. The van der Waals surface area contributed by atoms with Crippen molar-refractivity contribution >= 4 is 33.0 Å². The lowest BCUT2D eigenvalue weighted by Crippen LogP contribution is -2.39. The lowest BCUT2D eigenvalue weighted by atomic mass is 10.2. The Bertz CT molecular complexity index is 927. The fourth-order valence-electron chi connectivity index (χ4n) is 2.27. The third-order valence-electron chi connectivity index (χ3n) is 3.42. The van der Waals surface area contributed by atoms with E-state index in [0.717, 1.165) is 12.1 Å². The van der Waals surface area contributed by atoms with E-state index in [2.05, 4.69) is 4.83 Å². The molecule has 25 heavy (non-hydrogen) atoms. The van der Waals surface area contributed by atoms with Crippen LogP contribution in [-0.4, -0.2) is 8.42 Å². The molecular formula is C18H14ClFN2O2S. The molecule has 0 fully saturated rings. The number of sulfonamides is 1. The molecule has 3 rings (SSSR count). The molecule has 0 amide bonds. The van der Waals surface area contributed by atoms with Gasteiger partial charge >= 0.3 is 0 Å². The van der Waals surface area contributed by atoms with Crippen LogP contribution in [0.15, 0.2) is 83.8 Å². The van der Waals surface area contributed by atoms with E-state index >= 15 is 0 Å². The number of nitrogens with one attached hydrogen (secondary N) is 1. The van der Waals surface area contributed by atoms with Crippen molar-refractivity contribution in [2.24, 2.45) is 0 Å². The minimum absolute atomic E-state index is 0.124. The normalized spacial score (nSPS) is 11.3. The number of anilines is 2. The van der Waals surface area contributed by atoms with Gasteiger partial charge in [0.2, 0.25) is 0 Å². The summed E-state index contributed by atoms with van der Waals surface area (Å²) in [6, 6.07) is 21.2. The highest BCUT2D eigenvalue weighted by Crippen LogP contribution is 2.25. The van der Waals surface area contributed by atoms with Crippen LogP contribution in [-0.2, 0) is 10.0 Å². The van der Waals surface area contributed by atoms with Crippen LogP contribution in [0.3, 0.4) is 0 Å². The summed E-state index contributed by atoms with van der Waals surface area (Å²) in [5.41, 5.74) is 1.18. The lowest BCUT2D eigenvalue weighted by molar-refractivity contribution is 0.558. The molecule has 7 heteroatoms. The van der Waals surface area contributed by atoms with Gasteiger partial charge in [0.15, 0.2) is 0 Å². The first-order valence-corrected chi connectivity index (χ1v) is 9.21. The molecule has 0 aliphatic rings. The molecule has 3 aromatic rings. The molecule has 0 radical (unpaired) electrons. The summed E-state index contributed by atoms with van der Waals surface area (Å²) >= 11 is 5.70. The van der Waals surface area contributed by atoms with E-state index < -0.39 is 20.7 Å². The maximum Gasteiger partial charge on any atom is 0.260 e. The van der Waals surface area contributed by atoms with Gasteiger partial charge in [0.05, 0.1) is 11.4 Å². The molecule has 0 saturated heterocycles. The number of hydrogen-bond donors (Lipinski definition) is 1. The zero-order valence-electron chi connectivity index (χ0n) is 12.9. The average molecular weight is 377 g/mol. The Labute approximate surface area is 150 Å². The summed E-state index contributed by atoms with van der Waals surface area (Å²) in [6.07, 6.45) is 0. The smallest absolute Gasteiger partial charge is 0.260 e. The maximum atomic E-state index is 14.1. The average Bonchev–Trinajstić information content (AvgIpc) is 2.61. The molecule has 0 aliphatic carbocycles. The summed E-state index contributed by atoms with van der Waals surface area (Å²) in [5.74, 6) is -0.916. The van der Waals surface area contributed by atoms with Crippen LogP contribution in [0.4, 0.5) is 15.8 Å². The van der Waals surface area contributed by atoms with Crippen molar-refractivity contribution in [1.82, 2.24) is 4.83 Å². The molecule has 1 N–H and O–H groups in total. The van der Waals surface area contributed by atoms with Crippen LogP contribution in [0.1, 0.15) is 0 Å². The van der Waals surface area contributed by atoms with Crippen LogP contribution in [0.25, 0.3) is 0 Å². The quantitative estimate of drug-likeness (QED) is 0.666. The van der Waals surface area contributed by atoms with Crippen molar-refractivity contribution < 1.29 is 12.8 Å². The van der Waals surface area contributed by atoms with Crippen molar-refractivity contribution in [3.8, 4) is 0 Å². The summed E-state index contributed by atoms with van der Waals surface area (Å²) in [4.78, 5) is 1.95. The van der Waals surface area contributed by atoms with Crippen molar-refractivity contribution in [2.45, 2.75) is 4.90 Å². The number of rotatable bonds is 5.